The Morgan fingerprint density at radius 3 is 2.94 bits per heavy atom. The number of methoxy groups -OCH3 is 1. The third-order valence-electron chi connectivity index (χ3n) is 3.38. The number of nitrogen functional groups attached to an aromatic ring is 1. The lowest BCUT2D eigenvalue weighted by atomic mass is 9.81. The number of oxazole rings is 1. The van der Waals surface area contributed by atoms with Crippen molar-refractivity contribution in [2.45, 2.75) is 12.0 Å². The van der Waals surface area contributed by atoms with E-state index < -0.39 is 5.60 Å². The molecule has 2 aromatic rings. The van der Waals surface area contributed by atoms with Gasteiger partial charge in [0.05, 0.1) is 0 Å². The summed E-state index contributed by atoms with van der Waals surface area (Å²) in [6.07, 6.45) is 6.45. The molecule has 1 aliphatic carbocycles. The van der Waals surface area contributed by atoms with E-state index in [1.807, 2.05) is 18.2 Å². The van der Waals surface area contributed by atoms with Crippen LogP contribution >= 0.6 is 0 Å². The summed E-state index contributed by atoms with van der Waals surface area (Å²) >= 11 is 0. The average Bonchev–Trinajstić information content (AvgIpc) is 2.85. The summed E-state index contributed by atoms with van der Waals surface area (Å²) in [7, 11) is 1.68. The molecule has 18 heavy (non-hydrogen) atoms. The predicted molar refractivity (Wildman–Crippen MR) is 68.8 cm³/mol. The third-order valence-corrected chi connectivity index (χ3v) is 3.38. The molecule has 0 saturated carbocycles. The van der Waals surface area contributed by atoms with Crippen LogP contribution in [0.2, 0.25) is 0 Å². The zero-order chi connectivity index (χ0) is 12.6. The van der Waals surface area contributed by atoms with Crippen LogP contribution in [0, 0.1) is 0 Å². The molecular weight excluding hydrogens is 228 g/mol. The van der Waals surface area contributed by atoms with E-state index in [-0.39, 0.29) is 6.01 Å². The zero-order valence-corrected chi connectivity index (χ0v) is 10.1. The fourth-order valence-corrected chi connectivity index (χ4v) is 2.49. The average molecular weight is 242 g/mol. The minimum atomic E-state index is -0.605. The Morgan fingerprint density at radius 1 is 1.39 bits per heavy atom. The standard InChI is InChI=1S/C14H14N2O2/c1-17-14(12-9-18-13(15)16-12)8-4-6-10-5-2-3-7-11(10)14/h2-7,9H,8H2,1H3,(H2,15,16). The van der Waals surface area contributed by atoms with Crippen molar-refractivity contribution in [3.8, 4) is 0 Å². The number of rotatable bonds is 2. The van der Waals surface area contributed by atoms with Crippen LogP contribution in [-0.4, -0.2) is 12.1 Å². The topological polar surface area (TPSA) is 61.3 Å². The molecule has 0 bridgehead atoms. The fourth-order valence-electron chi connectivity index (χ4n) is 2.49. The molecule has 0 aliphatic heterocycles. The fraction of sp³-hybridized carbons (Fsp3) is 0.214. The summed E-state index contributed by atoms with van der Waals surface area (Å²) in [4.78, 5) is 4.23. The number of anilines is 1. The number of benzene rings is 1. The minimum Gasteiger partial charge on any atom is -0.432 e. The van der Waals surface area contributed by atoms with Gasteiger partial charge in [-0.15, -0.1) is 0 Å². The van der Waals surface area contributed by atoms with Gasteiger partial charge in [0, 0.05) is 13.5 Å². The van der Waals surface area contributed by atoms with Gasteiger partial charge in [0.15, 0.2) is 0 Å². The van der Waals surface area contributed by atoms with Crippen LogP contribution in [0.3, 0.4) is 0 Å². The first-order valence-corrected chi connectivity index (χ1v) is 5.79. The van der Waals surface area contributed by atoms with E-state index in [1.165, 1.54) is 0 Å². The molecule has 3 rings (SSSR count). The Morgan fingerprint density at radius 2 is 2.22 bits per heavy atom. The molecule has 1 aromatic carbocycles. The van der Waals surface area contributed by atoms with E-state index in [4.69, 9.17) is 14.9 Å². The third kappa shape index (κ3) is 1.46. The molecule has 4 nitrogen and oxygen atoms in total. The van der Waals surface area contributed by atoms with E-state index in [1.54, 1.807) is 13.4 Å². The molecule has 1 heterocycles. The van der Waals surface area contributed by atoms with Crippen molar-refractivity contribution in [1.29, 1.82) is 0 Å². The molecule has 4 heteroatoms. The molecule has 1 unspecified atom stereocenters. The van der Waals surface area contributed by atoms with Crippen molar-refractivity contribution in [3.05, 3.63) is 53.4 Å². The van der Waals surface area contributed by atoms with E-state index in [0.717, 1.165) is 11.1 Å². The normalized spacial score (nSPS) is 21.8. The van der Waals surface area contributed by atoms with Crippen LogP contribution in [0.5, 0.6) is 0 Å². The number of nitrogens with zero attached hydrogens (tertiary/aromatic N) is 1. The highest BCUT2D eigenvalue weighted by atomic mass is 16.5. The van der Waals surface area contributed by atoms with Gasteiger partial charge in [0.25, 0.3) is 6.01 Å². The Bertz CT molecular complexity index is 603. The highest BCUT2D eigenvalue weighted by molar-refractivity contribution is 5.60. The first-order chi connectivity index (χ1) is 8.76. The number of nitrogens with two attached hydrogens (primary N) is 1. The maximum atomic E-state index is 5.78. The molecular formula is C14H14N2O2. The molecule has 1 aromatic heterocycles. The maximum Gasteiger partial charge on any atom is 0.292 e. The smallest absolute Gasteiger partial charge is 0.292 e. The van der Waals surface area contributed by atoms with Crippen molar-refractivity contribution < 1.29 is 9.15 Å². The molecule has 0 spiro atoms. The van der Waals surface area contributed by atoms with Gasteiger partial charge in [-0.2, -0.15) is 4.98 Å². The molecule has 0 amide bonds. The summed E-state index contributed by atoms with van der Waals surface area (Å²) in [5.74, 6) is 0. The predicted octanol–water partition coefficient (Wildman–Crippen LogP) is 2.56. The molecule has 0 fully saturated rings. The molecule has 92 valence electrons. The molecule has 2 N–H and O–H groups in total. The van der Waals surface area contributed by atoms with Crippen molar-refractivity contribution >= 4 is 12.1 Å². The number of hydrogen-bond acceptors (Lipinski definition) is 4. The molecule has 0 radical (unpaired) electrons. The lowest BCUT2D eigenvalue weighted by Crippen LogP contribution is -2.32. The number of fused-ring (bicyclic) bond motifs is 1. The van der Waals surface area contributed by atoms with Gasteiger partial charge in [-0.05, 0) is 11.1 Å². The zero-order valence-electron chi connectivity index (χ0n) is 10.1. The van der Waals surface area contributed by atoms with E-state index in [2.05, 4.69) is 23.2 Å². The monoisotopic (exact) mass is 242 g/mol. The quantitative estimate of drug-likeness (QED) is 0.879. The van der Waals surface area contributed by atoms with E-state index >= 15 is 0 Å². The second kappa shape index (κ2) is 3.99. The number of aromatic nitrogens is 1. The maximum absolute atomic E-state index is 5.78. The first kappa shape index (κ1) is 11.0. The van der Waals surface area contributed by atoms with Crippen molar-refractivity contribution in [1.82, 2.24) is 4.98 Å². The van der Waals surface area contributed by atoms with Gasteiger partial charge in [0.1, 0.15) is 17.6 Å². The summed E-state index contributed by atoms with van der Waals surface area (Å²) in [5.41, 5.74) is 7.89. The second-order valence-electron chi connectivity index (χ2n) is 4.30. The Hall–Kier alpha value is -2.07. The van der Waals surface area contributed by atoms with Crippen molar-refractivity contribution in [2.24, 2.45) is 0 Å². The van der Waals surface area contributed by atoms with Gasteiger partial charge in [-0.1, -0.05) is 36.4 Å². The van der Waals surface area contributed by atoms with Gasteiger partial charge >= 0.3 is 0 Å². The van der Waals surface area contributed by atoms with Crippen LogP contribution in [0.1, 0.15) is 23.2 Å². The summed E-state index contributed by atoms with van der Waals surface area (Å²) < 4.78 is 10.9. The van der Waals surface area contributed by atoms with Crippen molar-refractivity contribution in [2.75, 3.05) is 12.8 Å². The van der Waals surface area contributed by atoms with Crippen LogP contribution in [0.25, 0.3) is 6.08 Å². The molecule has 1 aliphatic rings. The number of ether oxygens (including phenoxy) is 1. The second-order valence-corrected chi connectivity index (χ2v) is 4.30. The molecule has 0 saturated heterocycles. The first-order valence-electron chi connectivity index (χ1n) is 5.79. The van der Waals surface area contributed by atoms with E-state index in [9.17, 15) is 0 Å². The Balaban J connectivity index is 2.21. The largest absolute Gasteiger partial charge is 0.432 e. The SMILES string of the molecule is COC1(c2coc(N)n2)CC=Cc2ccccc21. The van der Waals surface area contributed by atoms with E-state index in [0.29, 0.717) is 12.1 Å². The van der Waals surface area contributed by atoms with Gasteiger partial charge in [-0.25, -0.2) is 0 Å². The van der Waals surface area contributed by atoms with Crippen LogP contribution < -0.4 is 5.73 Å². The van der Waals surface area contributed by atoms with Crippen LogP contribution in [-0.2, 0) is 10.3 Å². The summed E-state index contributed by atoms with van der Waals surface area (Å²) in [6.45, 7) is 0. The minimum absolute atomic E-state index is 0.161. The highest BCUT2D eigenvalue weighted by Crippen LogP contribution is 2.41. The van der Waals surface area contributed by atoms with Crippen molar-refractivity contribution in [3.63, 3.8) is 0 Å². The Labute approximate surface area is 105 Å². The summed E-state index contributed by atoms with van der Waals surface area (Å²) in [5, 5.41) is 0. The van der Waals surface area contributed by atoms with Gasteiger partial charge < -0.3 is 14.9 Å². The van der Waals surface area contributed by atoms with Crippen LogP contribution in [0.15, 0.2) is 41.0 Å². The van der Waals surface area contributed by atoms with Gasteiger partial charge in [0.2, 0.25) is 0 Å². The highest BCUT2D eigenvalue weighted by Gasteiger charge is 2.39. The Kier molecular flexibility index (Phi) is 2.45. The molecule has 1 atom stereocenters. The summed E-state index contributed by atoms with van der Waals surface area (Å²) in [6, 6.07) is 8.27. The van der Waals surface area contributed by atoms with Crippen LogP contribution in [0.4, 0.5) is 6.01 Å². The number of hydrogen-bond donors (Lipinski definition) is 1. The lowest BCUT2D eigenvalue weighted by molar-refractivity contribution is 0.0198. The lowest BCUT2D eigenvalue weighted by Gasteiger charge is -2.33. The van der Waals surface area contributed by atoms with Gasteiger partial charge in [-0.3, -0.25) is 0 Å².